The molecule has 5 nitrogen and oxygen atoms in total. The number of benzene rings is 2. The van der Waals surface area contributed by atoms with Crippen molar-refractivity contribution < 1.29 is 18.4 Å². The molecule has 0 bridgehead atoms. The Kier molecular flexibility index (Phi) is 5.42. The molecule has 4 rings (SSSR count). The summed E-state index contributed by atoms with van der Waals surface area (Å²) in [5.74, 6) is 0.383. The minimum absolute atomic E-state index is 0.125. The Morgan fingerprint density at radius 1 is 1.03 bits per heavy atom. The van der Waals surface area contributed by atoms with Gasteiger partial charge in [-0.15, -0.1) is 0 Å². The van der Waals surface area contributed by atoms with Crippen LogP contribution in [0, 0.1) is 5.82 Å². The quantitative estimate of drug-likeness (QED) is 0.620. The summed E-state index contributed by atoms with van der Waals surface area (Å²) >= 11 is 0. The van der Waals surface area contributed by atoms with Crippen LogP contribution in [0.4, 0.5) is 10.1 Å². The molecule has 1 aliphatic carbocycles. The van der Waals surface area contributed by atoms with Crippen LogP contribution in [0.15, 0.2) is 65.1 Å². The summed E-state index contributed by atoms with van der Waals surface area (Å²) < 4.78 is 19.5. The lowest BCUT2D eigenvalue weighted by atomic mass is 10.1. The van der Waals surface area contributed by atoms with E-state index < -0.39 is 0 Å². The monoisotopic (exact) mass is 392 g/mol. The smallest absolute Gasteiger partial charge is 0.251 e. The van der Waals surface area contributed by atoms with Gasteiger partial charge in [0.05, 0.1) is 5.56 Å². The molecule has 1 saturated carbocycles. The van der Waals surface area contributed by atoms with Crippen molar-refractivity contribution >= 4 is 17.5 Å². The molecule has 0 saturated heterocycles. The van der Waals surface area contributed by atoms with Gasteiger partial charge in [0.15, 0.2) is 0 Å². The number of hydrogen-bond acceptors (Lipinski definition) is 3. The Balaban J connectivity index is 1.32. The first-order chi connectivity index (χ1) is 14.1. The molecule has 3 aromatic rings. The maximum atomic E-state index is 13.9. The van der Waals surface area contributed by atoms with E-state index in [1.54, 1.807) is 54.6 Å². The lowest BCUT2D eigenvalue weighted by molar-refractivity contribution is -0.116. The predicted molar refractivity (Wildman–Crippen MR) is 108 cm³/mol. The van der Waals surface area contributed by atoms with Gasteiger partial charge in [0.1, 0.15) is 17.3 Å². The van der Waals surface area contributed by atoms with Crippen molar-refractivity contribution in [3.63, 3.8) is 0 Å². The molecule has 2 aromatic carbocycles. The number of anilines is 1. The van der Waals surface area contributed by atoms with Gasteiger partial charge >= 0.3 is 0 Å². The van der Waals surface area contributed by atoms with E-state index in [0.717, 1.165) is 12.8 Å². The Morgan fingerprint density at radius 3 is 2.66 bits per heavy atom. The number of carbonyl (C=O) groups is 2. The van der Waals surface area contributed by atoms with Crippen LogP contribution in [-0.4, -0.2) is 17.9 Å². The second kappa shape index (κ2) is 8.31. The van der Waals surface area contributed by atoms with Crippen LogP contribution in [0.3, 0.4) is 0 Å². The van der Waals surface area contributed by atoms with Crippen molar-refractivity contribution in [2.24, 2.45) is 0 Å². The molecular weight excluding hydrogens is 371 g/mol. The second-order valence-electron chi connectivity index (χ2n) is 7.12. The predicted octanol–water partition coefficient (Wildman–Crippen LogP) is 4.55. The normalized spacial score (nSPS) is 13.1. The van der Waals surface area contributed by atoms with E-state index in [9.17, 15) is 14.0 Å². The van der Waals surface area contributed by atoms with E-state index in [0.29, 0.717) is 34.8 Å². The number of carbonyl (C=O) groups excluding carboxylic acids is 2. The molecule has 29 heavy (non-hydrogen) atoms. The maximum Gasteiger partial charge on any atom is 0.251 e. The third-order valence-electron chi connectivity index (χ3n) is 4.72. The number of hydrogen-bond donors (Lipinski definition) is 2. The van der Waals surface area contributed by atoms with Gasteiger partial charge < -0.3 is 15.1 Å². The Labute approximate surface area is 167 Å². The SMILES string of the molecule is O=C(CCc1ccc(-c2ccccc2F)o1)Nc1cccc(C(=O)NC2CC2)c1. The first kappa shape index (κ1) is 18.9. The highest BCUT2D eigenvalue weighted by atomic mass is 19.1. The fraction of sp³-hybridized carbons (Fsp3) is 0.217. The number of furan rings is 1. The summed E-state index contributed by atoms with van der Waals surface area (Å²) in [5.41, 5.74) is 1.49. The zero-order valence-electron chi connectivity index (χ0n) is 15.8. The summed E-state index contributed by atoms with van der Waals surface area (Å²) in [5, 5.41) is 5.73. The number of nitrogens with one attached hydrogen (secondary N) is 2. The van der Waals surface area contributed by atoms with Crippen molar-refractivity contribution in [3.8, 4) is 11.3 Å². The van der Waals surface area contributed by atoms with Gasteiger partial charge in [-0.3, -0.25) is 9.59 Å². The van der Waals surface area contributed by atoms with Crippen LogP contribution in [0.2, 0.25) is 0 Å². The van der Waals surface area contributed by atoms with Gasteiger partial charge in [-0.1, -0.05) is 18.2 Å². The van der Waals surface area contributed by atoms with Crippen LogP contribution in [-0.2, 0) is 11.2 Å². The summed E-state index contributed by atoms with van der Waals surface area (Å²) in [6.07, 6.45) is 2.64. The van der Waals surface area contributed by atoms with Crippen LogP contribution in [0.1, 0.15) is 35.4 Å². The van der Waals surface area contributed by atoms with Crippen molar-refractivity contribution in [2.75, 3.05) is 5.32 Å². The highest BCUT2D eigenvalue weighted by Crippen LogP contribution is 2.25. The maximum absolute atomic E-state index is 13.9. The highest BCUT2D eigenvalue weighted by molar-refractivity contribution is 5.97. The lowest BCUT2D eigenvalue weighted by Crippen LogP contribution is -2.25. The van der Waals surface area contributed by atoms with Crippen LogP contribution < -0.4 is 10.6 Å². The van der Waals surface area contributed by atoms with Gasteiger partial charge in [0.25, 0.3) is 5.91 Å². The molecule has 0 radical (unpaired) electrons. The highest BCUT2D eigenvalue weighted by Gasteiger charge is 2.23. The molecule has 0 unspecified atom stereocenters. The fourth-order valence-electron chi connectivity index (χ4n) is 3.01. The average Bonchev–Trinajstić information content (AvgIpc) is 3.41. The zero-order valence-corrected chi connectivity index (χ0v) is 15.8. The first-order valence-corrected chi connectivity index (χ1v) is 9.63. The third-order valence-corrected chi connectivity index (χ3v) is 4.72. The van der Waals surface area contributed by atoms with Gasteiger partial charge in [-0.2, -0.15) is 0 Å². The molecule has 2 amide bonds. The van der Waals surface area contributed by atoms with Gasteiger partial charge in [-0.05, 0) is 55.3 Å². The third kappa shape index (κ3) is 4.90. The molecule has 0 aliphatic heterocycles. The van der Waals surface area contributed by atoms with E-state index >= 15 is 0 Å². The molecule has 6 heteroatoms. The molecule has 1 heterocycles. The van der Waals surface area contributed by atoms with E-state index in [2.05, 4.69) is 10.6 Å². The molecule has 1 aromatic heterocycles. The molecule has 148 valence electrons. The minimum Gasteiger partial charge on any atom is -0.461 e. The average molecular weight is 392 g/mol. The standard InChI is InChI=1S/C23H21FN2O3/c24-20-7-2-1-6-19(20)21-12-10-18(29-21)11-13-22(27)25-17-5-3-4-15(14-17)23(28)26-16-8-9-16/h1-7,10,12,14,16H,8-9,11,13H2,(H,25,27)(H,26,28). The Hall–Kier alpha value is -3.41. The molecule has 0 atom stereocenters. The van der Waals surface area contributed by atoms with Gasteiger partial charge in [0, 0.05) is 30.1 Å². The lowest BCUT2D eigenvalue weighted by Gasteiger charge is -2.08. The van der Waals surface area contributed by atoms with Crippen LogP contribution in [0.25, 0.3) is 11.3 Å². The van der Waals surface area contributed by atoms with E-state index in [-0.39, 0.29) is 30.1 Å². The van der Waals surface area contributed by atoms with Gasteiger partial charge in [-0.25, -0.2) is 4.39 Å². The van der Waals surface area contributed by atoms with E-state index in [1.807, 2.05) is 0 Å². The summed E-state index contributed by atoms with van der Waals surface area (Å²) in [7, 11) is 0. The number of aryl methyl sites for hydroxylation is 1. The topological polar surface area (TPSA) is 71.3 Å². The van der Waals surface area contributed by atoms with Crippen LogP contribution in [0.5, 0.6) is 0 Å². The molecule has 1 fully saturated rings. The second-order valence-corrected chi connectivity index (χ2v) is 7.12. The van der Waals surface area contributed by atoms with E-state index in [1.165, 1.54) is 6.07 Å². The Bertz CT molecular complexity index is 1040. The molecular formula is C23H21FN2O3. The van der Waals surface area contributed by atoms with Crippen molar-refractivity contribution in [3.05, 3.63) is 77.8 Å². The number of rotatable bonds is 7. The summed E-state index contributed by atoms with van der Waals surface area (Å²) in [6.45, 7) is 0. The minimum atomic E-state index is -0.350. The van der Waals surface area contributed by atoms with Crippen molar-refractivity contribution in [1.82, 2.24) is 5.32 Å². The Morgan fingerprint density at radius 2 is 1.86 bits per heavy atom. The largest absolute Gasteiger partial charge is 0.461 e. The summed E-state index contributed by atoms with van der Waals surface area (Å²) in [6, 6.07) is 17.0. The zero-order chi connectivity index (χ0) is 20.2. The molecule has 0 spiro atoms. The fourth-order valence-corrected chi connectivity index (χ4v) is 3.01. The van der Waals surface area contributed by atoms with Crippen LogP contribution >= 0.6 is 0 Å². The molecule has 1 aliphatic rings. The number of amides is 2. The van der Waals surface area contributed by atoms with Gasteiger partial charge in [0.2, 0.25) is 5.91 Å². The van der Waals surface area contributed by atoms with Crippen molar-refractivity contribution in [1.29, 1.82) is 0 Å². The van der Waals surface area contributed by atoms with Crippen molar-refractivity contribution in [2.45, 2.75) is 31.7 Å². The molecule has 2 N–H and O–H groups in total. The summed E-state index contributed by atoms with van der Waals surface area (Å²) in [4.78, 5) is 24.4. The first-order valence-electron chi connectivity index (χ1n) is 9.63. The van der Waals surface area contributed by atoms with E-state index in [4.69, 9.17) is 4.42 Å². The number of halogens is 1.